The Morgan fingerprint density at radius 1 is 1.23 bits per heavy atom. The van der Waals surface area contributed by atoms with Crippen molar-refractivity contribution < 1.29 is 9.59 Å². The molecule has 22 heavy (non-hydrogen) atoms. The summed E-state index contributed by atoms with van der Waals surface area (Å²) in [6.07, 6.45) is 4.35. The van der Waals surface area contributed by atoms with Gasteiger partial charge in [-0.3, -0.25) is 9.59 Å². The fourth-order valence-corrected chi connectivity index (χ4v) is 2.36. The zero-order chi connectivity index (χ0) is 16.5. The van der Waals surface area contributed by atoms with E-state index in [0.29, 0.717) is 23.2 Å². The minimum Gasteiger partial charge on any atom is -0.348 e. The third kappa shape index (κ3) is 5.68. The Morgan fingerprint density at radius 2 is 1.95 bits per heavy atom. The Hall–Kier alpha value is -1.55. The first-order valence-electron chi connectivity index (χ1n) is 7.83. The molecular formula is C17H25ClN2O2. The zero-order valence-corrected chi connectivity index (χ0v) is 14.3. The SMILES string of the molecule is CCCC[C@H](CC)CNC(=O)C(=O)Nc1cccc(Cl)c1C. The summed E-state index contributed by atoms with van der Waals surface area (Å²) in [7, 11) is 0. The number of anilines is 1. The second kappa shape index (κ2) is 9.46. The van der Waals surface area contributed by atoms with Gasteiger partial charge in [0.2, 0.25) is 0 Å². The molecule has 0 aromatic heterocycles. The lowest BCUT2D eigenvalue weighted by Gasteiger charge is -2.15. The minimum absolute atomic E-state index is 0.421. The molecule has 1 rings (SSSR count). The van der Waals surface area contributed by atoms with Crippen molar-refractivity contribution in [3.63, 3.8) is 0 Å². The Bertz CT molecular complexity index is 517. The van der Waals surface area contributed by atoms with Crippen molar-refractivity contribution in [3.05, 3.63) is 28.8 Å². The van der Waals surface area contributed by atoms with Gasteiger partial charge in [0.1, 0.15) is 0 Å². The third-order valence-corrected chi connectivity index (χ3v) is 4.23. The molecule has 0 radical (unpaired) electrons. The molecule has 2 amide bonds. The van der Waals surface area contributed by atoms with Gasteiger partial charge < -0.3 is 10.6 Å². The number of unbranched alkanes of at least 4 members (excludes halogenated alkanes) is 1. The van der Waals surface area contributed by atoms with E-state index in [9.17, 15) is 9.59 Å². The summed E-state index contributed by atoms with van der Waals surface area (Å²) in [6.45, 7) is 6.58. The average molecular weight is 325 g/mol. The van der Waals surface area contributed by atoms with Crippen molar-refractivity contribution in [1.82, 2.24) is 5.32 Å². The molecule has 0 bridgehead atoms. The van der Waals surface area contributed by atoms with E-state index in [2.05, 4.69) is 24.5 Å². The van der Waals surface area contributed by atoms with E-state index >= 15 is 0 Å². The molecule has 0 spiro atoms. The van der Waals surface area contributed by atoms with Gasteiger partial charge in [0.15, 0.2) is 0 Å². The van der Waals surface area contributed by atoms with Gasteiger partial charge >= 0.3 is 11.8 Å². The van der Waals surface area contributed by atoms with Crippen molar-refractivity contribution in [1.29, 1.82) is 0 Å². The maximum Gasteiger partial charge on any atom is 0.313 e. The molecule has 1 aromatic carbocycles. The standard InChI is InChI=1S/C17H25ClN2O2/c1-4-6-8-13(5-2)11-19-16(21)17(22)20-15-10-7-9-14(18)12(15)3/h7,9-10,13H,4-6,8,11H2,1-3H3,(H,19,21)(H,20,22)/t13-/m0/s1. The van der Waals surface area contributed by atoms with Crippen LogP contribution in [-0.4, -0.2) is 18.4 Å². The zero-order valence-electron chi connectivity index (χ0n) is 13.5. The molecule has 5 heteroatoms. The van der Waals surface area contributed by atoms with E-state index in [1.54, 1.807) is 25.1 Å². The predicted molar refractivity (Wildman–Crippen MR) is 91.1 cm³/mol. The molecule has 4 nitrogen and oxygen atoms in total. The van der Waals surface area contributed by atoms with Crippen LogP contribution in [0.4, 0.5) is 5.69 Å². The van der Waals surface area contributed by atoms with Gasteiger partial charge in [0.25, 0.3) is 0 Å². The number of halogens is 1. The van der Waals surface area contributed by atoms with Crippen LogP contribution in [0.15, 0.2) is 18.2 Å². The highest BCUT2D eigenvalue weighted by molar-refractivity contribution is 6.40. The smallest absolute Gasteiger partial charge is 0.313 e. The Labute approximate surface area is 137 Å². The molecule has 0 aliphatic carbocycles. The lowest BCUT2D eigenvalue weighted by molar-refractivity contribution is -0.136. The second-order valence-electron chi connectivity index (χ2n) is 5.49. The highest BCUT2D eigenvalue weighted by atomic mass is 35.5. The highest BCUT2D eigenvalue weighted by Crippen LogP contribution is 2.22. The Morgan fingerprint density at radius 3 is 2.59 bits per heavy atom. The monoisotopic (exact) mass is 324 g/mol. The summed E-state index contributed by atoms with van der Waals surface area (Å²) in [5.41, 5.74) is 1.31. The van der Waals surface area contributed by atoms with Crippen LogP contribution in [-0.2, 0) is 9.59 Å². The first-order valence-corrected chi connectivity index (χ1v) is 8.21. The van der Waals surface area contributed by atoms with Crippen LogP contribution >= 0.6 is 11.6 Å². The number of carbonyl (C=O) groups is 2. The first-order chi connectivity index (χ1) is 10.5. The van der Waals surface area contributed by atoms with E-state index in [-0.39, 0.29) is 0 Å². The van der Waals surface area contributed by atoms with Gasteiger partial charge in [-0.25, -0.2) is 0 Å². The summed E-state index contributed by atoms with van der Waals surface area (Å²) >= 11 is 6.00. The van der Waals surface area contributed by atoms with Crippen molar-refractivity contribution in [3.8, 4) is 0 Å². The van der Waals surface area contributed by atoms with Crippen LogP contribution < -0.4 is 10.6 Å². The highest BCUT2D eigenvalue weighted by Gasteiger charge is 2.16. The van der Waals surface area contributed by atoms with E-state index in [0.717, 1.165) is 31.2 Å². The Kier molecular flexibility index (Phi) is 7.96. The number of hydrogen-bond donors (Lipinski definition) is 2. The fraction of sp³-hybridized carbons (Fsp3) is 0.529. The number of benzene rings is 1. The van der Waals surface area contributed by atoms with E-state index < -0.39 is 11.8 Å². The molecule has 1 atom stereocenters. The van der Waals surface area contributed by atoms with Gasteiger partial charge in [-0.1, -0.05) is 50.8 Å². The van der Waals surface area contributed by atoms with Gasteiger partial charge in [0, 0.05) is 17.3 Å². The van der Waals surface area contributed by atoms with Crippen molar-refractivity contribution >= 4 is 29.1 Å². The first kappa shape index (κ1) is 18.5. The summed E-state index contributed by atoms with van der Waals surface area (Å²) in [5, 5.41) is 5.87. The molecule has 122 valence electrons. The average Bonchev–Trinajstić information content (AvgIpc) is 2.51. The van der Waals surface area contributed by atoms with Crippen LogP contribution in [0.25, 0.3) is 0 Å². The van der Waals surface area contributed by atoms with Gasteiger partial charge in [-0.15, -0.1) is 0 Å². The van der Waals surface area contributed by atoms with Crippen LogP contribution in [0.2, 0.25) is 5.02 Å². The predicted octanol–water partition coefficient (Wildman–Crippen LogP) is 3.92. The van der Waals surface area contributed by atoms with Crippen LogP contribution in [0.1, 0.15) is 45.1 Å². The molecule has 0 fully saturated rings. The van der Waals surface area contributed by atoms with E-state index in [4.69, 9.17) is 11.6 Å². The van der Waals surface area contributed by atoms with Gasteiger partial charge in [-0.05, 0) is 37.0 Å². The van der Waals surface area contributed by atoms with Crippen LogP contribution in [0.3, 0.4) is 0 Å². The van der Waals surface area contributed by atoms with E-state index in [1.807, 2.05) is 0 Å². The fourth-order valence-electron chi connectivity index (χ4n) is 2.18. The molecule has 2 N–H and O–H groups in total. The number of amides is 2. The van der Waals surface area contributed by atoms with E-state index in [1.165, 1.54) is 0 Å². The molecule has 0 unspecified atom stereocenters. The van der Waals surface area contributed by atoms with Crippen molar-refractivity contribution in [2.75, 3.05) is 11.9 Å². The molecule has 0 saturated heterocycles. The topological polar surface area (TPSA) is 58.2 Å². The summed E-state index contributed by atoms with van der Waals surface area (Å²) in [5.74, 6) is -0.838. The molecule has 0 saturated carbocycles. The second-order valence-corrected chi connectivity index (χ2v) is 5.90. The van der Waals surface area contributed by atoms with Crippen LogP contribution in [0.5, 0.6) is 0 Å². The summed E-state index contributed by atoms with van der Waals surface area (Å²) in [4.78, 5) is 23.8. The van der Waals surface area contributed by atoms with Gasteiger partial charge in [-0.2, -0.15) is 0 Å². The third-order valence-electron chi connectivity index (χ3n) is 3.82. The summed E-state index contributed by atoms with van der Waals surface area (Å²) in [6, 6.07) is 5.20. The maximum absolute atomic E-state index is 11.9. The quantitative estimate of drug-likeness (QED) is 0.747. The van der Waals surface area contributed by atoms with Crippen molar-refractivity contribution in [2.24, 2.45) is 5.92 Å². The minimum atomic E-state index is -0.657. The molecular weight excluding hydrogens is 300 g/mol. The molecule has 0 heterocycles. The van der Waals surface area contributed by atoms with Gasteiger partial charge in [0.05, 0.1) is 0 Å². The number of rotatable bonds is 7. The Balaban J connectivity index is 2.51. The number of hydrogen-bond acceptors (Lipinski definition) is 2. The lowest BCUT2D eigenvalue weighted by atomic mass is 9.99. The maximum atomic E-state index is 11.9. The summed E-state index contributed by atoms with van der Waals surface area (Å²) < 4.78 is 0. The number of nitrogens with one attached hydrogen (secondary N) is 2. The molecule has 0 aliphatic heterocycles. The van der Waals surface area contributed by atoms with Crippen LogP contribution in [0, 0.1) is 12.8 Å². The molecule has 1 aromatic rings. The normalized spacial score (nSPS) is 11.8. The van der Waals surface area contributed by atoms with Crippen molar-refractivity contribution in [2.45, 2.75) is 46.5 Å². The number of carbonyl (C=O) groups excluding carboxylic acids is 2. The largest absolute Gasteiger partial charge is 0.348 e. The molecule has 0 aliphatic rings. The lowest BCUT2D eigenvalue weighted by Crippen LogP contribution is -2.38.